The average Bonchev–Trinajstić information content (AvgIpc) is 3.39. The van der Waals surface area contributed by atoms with Crippen LogP contribution in [0.15, 0.2) is 55.0 Å². The molecule has 0 saturated heterocycles. The minimum absolute atomic E-state index is 0.0978. The minimum Gasteiger partial charge on any atom is -0.494 e. The average molecular weight is 418 g/mol. The number of hydrogen-bond donors (Lipinski definition) is 1. The van der Waals surface area contributed by atoms with E-state index in [0.717, 1.165) is 42.3 Å². The quantitative estimate of drug-likeness (QED) is 0.513. The van der Waals surface area contributed by atoms with E-state index >= 15 is 0 Å². The first kappa shape index (κ1) is 19.3. The van der Waals surface area contributed by atoms with Crippen LogP contribution in [0, 0.1) is 12.7 Å². The summed E-state index contributed by atoms with van der Waals surface area (Å²) in [5.41, 5.74) is 3.30. The molecule has 2 aromatic carbocycles. The number of fused-ring (bicyclic) bond motifs is 1. The summed E-state index contributed by atoms with van der Waals surface area (Å²) in [4.78, 5) is 8.98. The first-order valence-corrected chi connectivity index (χ1v) is 10.3. The molecule has 1 unspecified atom stereocenters. The fraction of sp³-hybridized carbons (Fsp3) is 0.261. The summed E-state index contributed by atoms with van der Waals surface area (Å²) in [6, 6.07) is 12.7. The van der Waals surface area contributed by atoms with E-state index in [9.17, 15) is 4.39 Å². The van der Waals surface area contributed by atoms with Crippen LogP contribution in [0.3, 0.4) is 0 Å². The van der Waals surface area contributed by atoms with Crippen LogP contribution in [-0.2, 0) is 6.54 Å². The Hall–Kier alpha value is -3.68. The predicted octanol–water partition coefficient (Wildman–Crippen LogP) is 4.59. The van der Waals surface area contributed by atoms with Gasteiger partial charge in [-0.1, -0.05) is 18.2 Å². The van der Waals surface area contributed by atoms with Crippen LogP contribution in [0.5, 0.6) is 5.75 Å². The lowest BCUT2D eigenvalue weighted by atomic mass is 9.91. The van der Waals surface area contributed by atoms with Crippen molar-refractivity contribution in [1.29, 1.82) is 0 Å². The summed E-state index contributed by atoms with van der Waals surface area (Å²) in [6.45, 7) is 2.72. The van der Waals surface area contributed by atoms with E-state index in [4.69, 9.17) is 9.72 Å². The van der Waals surface area contributed by atoms with Gasteiger partial charge in [-0.3, -0.25) is 0 Å². The van der Waals surface area contributed by atoms with Gasteiger partial charge in [0, 0.05) is 30.4 Å². The van der Waals surface area contributed by atoms with E-state index in [2.05, 4.69) is 15.4 Å². The molecule has 0 spiro atoms. The molecule has 1 N–H and O–H groups in total. The molecule has 0 bridgehead atoms. The Balaban J connectivity index is 1.43. The molecular formula is C23H23FN6O. The number of aromatic nitrogens is 5. The third-order valence-electron chi connectivity index (χ3n) is 5.58. The Morgan fingerprint density at radius 2 is 2.06 bits per heavy atom. The maximum Gasteiger partial charge on any atom is 0.246 e. The van der Waals surface area contributed by atoms with Crippen LogP contribution >= 0.6 is 0 Å². The number of benzene rings is 2. The Labute approximate surface area is 179 Å². The Morgan fingerprint density at radius 3 is 2.84 bits per heavy atom. The highest BCUT2D eigenvalue weighted by Gasteiger charge is 2.27. The highest BCUT2D eigenvalue weighted by atomic mass is 19.1. The van der Waals surface area contributed by atoms with E-state index in [1.54, 1.807) is 19.5 Å². The van der Waals surface area contributed by atoms with Crippen molar-refractivity contribution in [2.45, 2.75) is 32.2 Å². The number of rotatable bonds is 5. The maximum absolute atomic E-state index is 14.4. The van der Waals surface area contributed by atoms with Gasteiger partial charge in [0.25, 0.3) is 0 Å². The van der Waals surface area contributed by atoms with Gasteiger partial charge in [-0.15, -0.1) is 5.10 Å². The van der Waals surface area contributed by atoms with Crippen molar-refractivity contribution in [2.75, 3.05) is 12.4 Å². The molecule has 2 aromatic heterocycles. The molecule has 0 fully saturated rings. The van der Waals surface area contributed by atoms with Gasteiger partial charge >= 0.3 is 0 Å². The number of nitrogens with one attached hydrogen (secondary N) is 1. The molecule has 0 saturated carbocycles. The van der Waals surface area contributed by atoms with Crippen molar-refractivity contribution in [3.05, 3.63) is 77.9 Å². The second-order valence-electron chi connectivity index (χ2n) is 7.67. The standard InChI is InChI=1S/C23H23FN6O/c1-15-13-29(14-25-15)20-10-9-16(12-21(20)31-2)26-23-27-22-18(7-5-11-30(22)28-23)17-6-3-4-8-19(17)24/h3-4,6,8-10,12-14,18H,5,7,11H2,1-2H3,(H,26,28). The van der Waals surface area contributed by atoms with Crippen LogP contribution in [0.1, 0.15) is 35.8 Å². The van der Waals surface area contributed by atoms with Gasteiger partial charge in [0.2, 0.25) is 5.95 Å². The van der Waals surface area contributed by atoms with Crippen molar-refractivity contribution in [1.82, 2.24) is 24.3 Å². The summed E-state index contributed by atoms with van der Waals surface area (Å²) in [6.07, 6.45) is 5.49. The molecular weight excluding hydrogens is 395 g/mol. The largest absolute Gasteiger partial charge is 0.494 e. The minimum atomic E-state index is -0.200. The van der Waals surface area contributed by atoms with E-state index < -0.39 is 0 Å². The number of anilines is 2. The topological polar surface area (TPSA) is 69.8 Å². The molecule has 0 amide bonds. The SMILES string of the molecule is COc1cc(Nc2nc3n(n2)CCCC3c2ccccc2F)ccc1-n1cnc(C)c1. The van der Waals surface area contributed by atoms with Gasteiger partial charge in [-0.05, 0) is 43.5 Å². The molecule has 158 valence electrons. The molecule has 7 nitrogen and oxygen atoms in total. The summed E-state index contributed by atoms with van der Waals surface area (Å²) in [5.74, 6) is 1.69. The zero-order chi connectivity index (χ0) is 21.4. The van der Waals surface area contributed by atoms with Gasteiger partial charge < -0.3 is 14.6 Å². The van der Waals surface area contributed by atoms with Gasteiger partial charge in [-0.2, -0.15) is 4.98 Å². The number of nitrogens with zero attached hydrogens (tertiary/aromatic N) is 5. The van der Waals surface area contributed by atoms with Crippen molar-refractivity contribution in [3.8, 4) is 11.4 Å². The van der Waals surface area contributed by atoms with Crippen LogP contribution < -0.4 is 10.1 Å². The van der Waals surface area contributed by atoms with Gasteiger partial charge in [0.1, 0.15) is 17.4 Å². The van der Waals surface area contributed by atoms with Crippen LogP contribution in [0.4, 0.5) is 16.0 Å². The molecule has 0 aliphatic carbocycles. The molecule has 1 aliphatic rings. The summed E-state index contributed by atoms with van der Waals surface area (Å²) < 4.78 is 23.8. The monoisotopic (exact) mass is 418 g/mol. The summed E-state index contributed by atoms with van der Waals surface area (Å²) in [5, 5.41) is 7.87. The van der Waals surface area contributed by atoms with Crippen molar-refractivity contribution >= 4 is 11.6 Å². The van der Waals surface area contributed by atoms with Gasteiger partial charge in [-0.25, -0.2) is 14.1 Å². The first-order chi connectivity index (χ1) is 15.1. The molecule has 5 rings (SSSR count). The van der Waals surface area contributed by atoms with Crippen LogP contribution in [-0.4, -0.2) is 31.4 Å². The number of aryl methyl sites for hydroxylation is 2. The fourth-order valence-corrected chi connectivity index (χ4v) is 4.11. The molecule has 0 radical (unpaired) electrons. The second kappa shape index (κ2) is 7.86. The third-order valence-corrected chi connectivity index (χ3v) is 5.58. The zero-order valence-electron chi connectivity index (χ0n) is 17.4. The molecule has 3 heterocycles. The second-order valence-corrected chi connectivity index (χ2v) is 7.67. The number of halogens is 1. The molecule has 31 heavy (non-hydrogen) atoms. The van der Waals surface area contributed by atoms with Crippen molar-refractivity contribution in [3.63, 3.8) is 0 Å². The Morgan fingerprint density at radius 1 is 1.19 bits per heavy atom. The van der Waals surface area contributed by atoms with Crippen molar-refractivity contribution < 1.29 is 9.13 Å². The molecule has 8 heteroatoms. The lowest BCUT2D eigenvalue weighted by Gasteiger charge is -2.22. The van der Waals surface area contributed by atoms with E-state index in [0.29, 0.717) is 17.3 Å². The fourth-order valence-electron chi connectivity index (χ4n) is 4.11. The van der Waals surface area contributed by atoms with E-state index in [1.165, 1.54) is 6.07 Å². The van der Waals surface area contributed by atoms with Crippen LogP contribution in [0.25, 0.3) is 5.69 Å². The number of hydrogen-bond acceptors (Lipinski definition) is 5. The molecule has 4 aromatic rings. The zero-order valence-corrected chi connectivity index (χ0v) is 17.4. The summed E-state index contributed by atoms with van der Waals surface area (Å²) >= 11 is 0. The van der Waals surface area contributed by atoms with Crippen LogP contribution in [0.2, 0.25) is 0 Å². The summed E-state index contributed by atoms with van der Waals surface area (Å²) in [7, 11) is 1.64. The van der Waals surface area contributed by atoms with Crippen molar-refractivity contribution in [2.24, 2.45) is 0 Å². The Kier molecular flexibility index (Phi) is 4.89. The molecule has 1 atom stereocenters. The normalized spacial score (nSPS) is 15.5. The van der Waals surface area contributed by atoms with E-state index in [-0.39, 0.29) is 11.7 Å². The number of imidazole rings is 1. The first-order valence-electron chi connectivity index (χ1n) is 10.3. The van der Waals surface area contributed by atoms with Gasteiger partial charge in [0.15, 0.2) is 0 Å². The van der Waals surface area contributed by atoms with Gasteiger partial charge in [0.05, 0.1) is 24.8 Å². The predicted molar refractivity (Wildman–Crippen MR) is 116 cm³/mol. The number of ether oxygens (including phenoxy) is 1. The smallest absolute Gasteiger partial charge is 0.246 e. The lowest BCUT2D eigenvalue weighted by Crippen LogP contribution is -2.18. The highest BCUT2D eigenvalue weighted by molar-refractivity contribution is 5.62. The molecule has 1 aliphatic heterocycles. The highest BCUT2D eigenvalue weighted by Crippen LogP contribution is 2.35. The number of methoxy groups -OCH3 is 1. The third kappa shape index (κ3) is 3.65. The maximum atomic E-state index is 14.4. The lowest BCUT2D eigenvalue weighted by molar-refractivity contribution is 0.413. The van der Waals surface area contributed by atoms with E-state index in [1.807, 2.05) is 52.7 Å². The Bertz CT molecular complexity index is 1230.